The van der Waals surface area contributed by atoms with Crippen LogP contribution in [-0.4, -0.2) is 18.3 Å². The van der Waals surface area contributed by atoms with Gasteiger partial charge in [-0.2, -0.15) is 0 Å². The second-order valence-electron chi connectivity index (χ2n) is 4.34. The molecule has 0 aliphatic rings. The fourth-order valence-electron chi connectivity index (χ4n) is 1.80. The average Bonchev–Trinajstić information content (AvgIpc) is 2.49. The standard InChI is InChI=1S/C15H13NO5/c1-10-3-4-11(9-17)7-15(10)21-12-5-6-14(20-2)13(8-12)16(18)19/h3-9H,1-2H3. The van der Waals surface area contributed by atoms with Crippen LogP contribution in [-0.2, 0) is 0 Å². The van der Waals surface area contributed by atoms with Crippen molar-refractivity contribution in [2.75, 3.05) is 7.11 Å². The summed E-state index contributed by atoms with van der Waals surface area (Å²) < 4.78 is 10.6. The highest BCUT2D eigenvalue weighted by molar-refractivity contribution is 5.76. The summed E-state index contributed by atoms with van der Waals surface area (Å²) in [5, 5.41) is 11.0. The number of nitro benzene ring substituents is 1. The van der Waals surface area contributed by atoms with E-state index in [4.69, 9.17) is 9.47 Å². The average molecular weight is 287 g/mol. The van der Waals surface area contributed by atoms with Crippen molar-refractivity contribution in [3.63, 3.8) is 0 Å². The highest BCUT2D eigenvalue weighted by atomic mass is 16.6. The highest BCUT2D eigenvalue weighted by Gasteiger charge is 2.16. The number of hydrogen-bond donors (Lipinski definition) is 0. The SMILES string of the molecule is COc1ccc(Oc2cc(C=O)ccc2C)cc1[N+](=O)[O-]. The molecule has 0 heterocycles. The number of rotatable bonds is 5. The molecular formula is C15H13NO5. The largest absolute Gasteiger partial charge is 0.490 e. The number of nitro groups is 1. The van der Waals surface area contributed by atoms with Crippen molar-refractivity contribution in [3.05, 3.63) is 57.6 Å². The summed E-state index contributed by atoms with van der Waals surface area (Å²) in [7, 11) is 1.36. The number of aryl methyl sites for hydroxylation is 1. The van der Waals surface area contributed by atoms with Crippen molar-refractivity contribution in [1.82, 2.24) is 0 Å². The molecule has 2 aromatic rings. The van der Waals surface area contributed by atoms with Crippen molar-refractivity contribution in [2.45, 2.75) is 6.92 Å². The zero-order chi connectivity index (χ0) is 15.4. The van der Waals surface area contributed by atoms with Crippen LogP contribution in [0.25, 0.3) is 0 Å². The zero-order valence-corrected chi connectivity index (χ0v) is 11.5. The Kier molecular flexibility index (Phi) is 4.18. The summed E-state index contributed by atoms with van der Waals surface area (Å²) in [5.74, 6) is 0.929. The van der Waals surface area contributed by atoms with E-state index in [1.807, 2.05) is 6.92 Å². The fourth-order valence-corrected chi connectivity index (χ4v) is 1.80. The van der Waals surface area contributed by atoms with E-state index in [1.165, 1.54) is 19.2 Å². The molecule has 0 aliphatic heterocycles. The molecule has 0 aromatic heterocycles. The van der Waals surface area contributed by atoms with Gasteiger partial charge in [-0.05, 0) is 30.7 Å². The monoisotopic (exact) mass is 287 g/mol. The number of carbonyl (C=O) groups excluding carboxylic acids is 1. The Morgan fingerprint density at radius 2 is 1.90 bits per heavy atom. The van der Waals surface area contributed by atoms with E-state index in [2.05, 4.69) is 0 Å². The van der Waals surface area contributed by atoms with Gasteiger partial charge < -0.3 is 9.47 Å². The van der Waals surface area contributed by atoms with Gasteiger partial charge in [-0.25, -0.2) is 0 Å². The van der Waals surface area contributed by atoms with Crippen LogP contribution >= 0.6 is 0 Å². The van der Waals surface area contributed by atoms with Crippen LogP contribution in [0.5, 0.6) is 17.2 Å². The fraction of sp³-hybridized carbons (Fsp3) is 0.133. The van der Waals surface area contributed by atoms with Crippen molar-refractivity contribution in [1.29, 1.82) is 0 Å². The highest BCUT2D eigenvalue weighted by Crippen LogP contribution is 2.33. The van der Waals surface area contributed by atoms with E-state index < -0.39 is 4.92 Å². The predicted octanol–water partition coefficient (Wildman–Crippen LogP) is 3.52. The molecule has 6 nitrogen and oxygen atoms in total. The summed E-state index contributed by atoms with van der Waals surface area (Å²) in [6, 6.07) is 9.32. The van der Waals surface area contributed by atoms with Crippen molar-refractivity contribution < 1.29 is 19.2 Å². The normalized spacial score (nSPS) is 10.0. The first-order valence-electron chi connectivity index (χ1n) is 6.11. The first-order chi connectivity index (χ1) is 10.0. The van der Waals surface area contributed by atoms with Crippen LogP contribution in [0.15, 0.2) is 36.4 Å². The molecule has 0 saturated carbocycles. The summed E-state index contributed by atoms with van der Waals surface area (Å²) >= 11 is 0. The molecule has 108 valence electrons. The molecule has 0 atom stereocenters. The minimum absolute atomic E-state index is 0.158. The number of methoxy groups -OCH3 is 1. The van der Waals surface area contributed by atoms with Gasteiger partial charge in [-0.3, -0.25) is 14.9 Å². The lowest BCUT2D eigenvalue weighted by Gasteiger charge is -2.10. The minimum atomic E-state index is -0.541. The Balaban J connectivity index is 2.38. The Labute approximate surface area is 121 Å². The van der Waals surface area contributed by atoms with Crippen molar-refractivity contribution in [3.8, 4) is 17.2 Å². The molecule has 0 saturated heterocycles. The summed E-state index contributed by atoms with van der Waals surface area (Å²) in [6.07, 6.45) is 0.711. The topological polar surface area (TPSA) is 78.7 Å². The van der Waals surface area contributed by atoms with Gasteiger partial charge in [0.15, 0.2) is 5.75 Å². The molecule has 6 heteroatoms. The van der Waals surface area contributed by atoms with E-state index in [1.54, 1.807) is 24.3 Å². The van der Waals surface area contributed by atoms with E-state index >= 15 is 0 Å². The first kappa shape index (κ1) is 14.5. The van der Waals surface area contributed by atoms with Crippen LogP contribution < -0.4 is 9.47 Å². The first-order valence-corrected chi connectivity index (χ1v) is 6.11. The van der Waals surface area contributed by atoms with Crippen LogP contribution in [0, 0.1) is 17.0 Å². The van der Waals surface area contributed by atoms with Crippen LogP contribution in [0.4, 0.5) is 5.69 Å². The van der Waals surface area contributed by atoms with Crippen molar-refractivity contribution in [2.24, 2.45) is 0 Å². The third kappa shape index (κ3) is 3.17. The Bertz CT molecular complexity index is 696. The predicted molar refractivity (Wildman–Crippen MR) is 76.3 cm³/mol. The van der Waals surface area contributed by atoms with Gasteiger partial charge in [-0.1, -0.05) is 12.1 Å². The quantitative estimate of drug-likeness (QED) is 0.477. The van der Waals surface area contributed by atoms with E-state index in [-0.39, 0.29) is 11.4 Å². The van der Waals surface area contributed by atoms with Gasteiger partial charge in [0, 0.05) is 5.56 Å². The summed E-state index contributed by atoms with van der Waals surface area (Å²) in [4.78, 5) is 21.2. The molecule has 0 aliphatic carbocycles. The lowest BCUT2D eigenvalue weighted by atomic mass is 10.1. The number of carbonyl (C=O) groups is 1. The van der Waals surface area contributed by atoms with E-state index in [9.17, 15) is 14.9 Å². The Hall–Kier alpha value is -2.89. The molecule has 0 amide bonds. The second-order valence-corrected chi connectivity index (χ2v) is 4.34. The third-order valence-corrected chi connectivity index (χ3v) is 2.92. The van der Waals surface area contributed by atoms with Gasteiger partial charge in [0.2, 0.25) is 0 Å². The van der Waals surface area contributed by atoms with Gasteiger partial charge in [0.25, 0.3) is 0 Å². The third-order valence-electron chi connectivity index (χ3n) is 2.92. The van der Waals surface area contributed by atoms with Gasteiger partial charge >= 0.3 is 5.69 Å². The molecule has 0 fully saturated rings. The molecular weight excluding hydrogens is 274 g/mol. The smallest absolute Gasteiger partial charge is 0.314 e. The van der Waals surface area contributed by atoms with Crippen molar-refractivity contribution >= 4 is 12.0 Å². The Morgan fingerprint density at radius 3 is 2.52 bits per heavy atom. The maximum absolute atomic E-state index is 11.0. The van der Waals surface area contributed by atoms with Crippen LogP contribution in [0.1, 0.15) is 15.9 Å². The number of hydrogen-bond acceptors (Lipinski definition) is 5. The molecule has 0 N–H and O–H groups in total. The number of aldehydes is 1. The second kappa shape index (κ2) is 6.04. The van der Waals surface area contributed by atoms with E-state index in [0.717, 1.165) is 5.56 Å². The Morgan fingerprint density at radius 1 is 1.14 bits per heavy atom. The maximum atomic E-state index is 11.0. The molecule has 2 aromatic carbocycles. The number of nitrogens with zero attached hydrogens (tertiary/aromatic N) is 1. The summed E-state index contributed by atoms with van der Waals surface area (Å²) in [5.41, 5.74) is 1.11. The number of ether oxygens (including phenoxy) is 2. The van der Waals surface area contributed by atoms with E-state index in [0.29, 0.717) is 23.3 Å². The molecule has 0 radical (unpaired) electrons. The lowest BCUT2D eigenvalue weighted by molar-refractivity contribution is -0.385. The van der Waals surface area contributed by atoms with Gasteiger partial charge in [0.05, 0.1) is 18.1 Å². The maximum Gasteiger partial charge on any atom is 0.314 e. The lowest BCUT2D eigenvalue weighted by Crippen LogP contribution is -1.95. The molecule has 21 heavy (non-hydrogen) atoms. The minimum Gasteiger partial charge on any atom is -0.490 e. The molecule has 0 unspecified atom stereocenters. The zero-order valence-electron chi connectivity index (χ0n) is 11.5. The number of benzene rings is 2. The van der Waals surface area contributed by atoms with Crippen LogP contribution in [0.2, 0.25) is 0 Å². The summed E-state index contributed by atoms with van der Waals surface area (Å²) in [6.45, 7) is 1.82. The van der Waals surface area contributed by atoms with Crippen LogP contribution in [0.3, 0.4) is 0 Å². The van der Waals surface area contributed by atoms with Gasteiger partial charge in [0.1, 0.15) is 17.8 Å². The molecule has 0 spiro atoms. The van der Waals surface area contributed by atoms with Gasteiger partial charge in [-0.15, -0.1) is 0 Å². The molecule has 2 rings (SSSR count). The molecule has 0 bridgehead atoms.